The van der Waals surface area contributed by atoms with Gasteiger partial charge in [-0.2, -0.15) is 0 Å². The van der Waals surface area contributed by atoms with Crippen molar-refractivity contribution in [3.05, 3.63) is 34.6 Å². The number of carbonyl (C=O) groups excluding carboxylic acids is 1. The number of benzene rings is 1. The number of hydrogen-bond donors (Lipinski definition) is 1. The first-order valence-corrected chi connectivity index (χ1v) is 7.32. The molecule has 2 unspecified atom stereocenters. The predicted octanol–water partition coefficient (Wildman–Crippen LogP) is 3.27. The van der Waals surface area contributed by atoms with Crippen LogP contribution in [-0.4, -0.2) is 22.9 Å². The number of carbonyl (C=O) groups is 1. The molecular formula is C15H20ClFN2O. The highest BCUT2D eigenvalue weighted by Gasteiger charge is 2.36. The highest BCUT2D eigenvalue weighted by molar-refractivity contribution is 6.31. The van der Waals surface area contributed by atoms with Crippen LogP contribution in [0.3, 0.4) is 0 Å². The maximum Gasteiger partial charge on any atom is 0.223 e. The molecule has 3 nitrogen and oxygen atoms in total. The molecule has 0 bridgehead atoms. The summed E-state index contributed by atoms with van der Waals surface area (Å²) < 4.78 is 14.2. The number of likely N-dealkylation sites (tertiary alicyclic amines) is 1. The summed E-state index contributed by atoms with van der Waals surface area (Å²) in [6.45, 7) is 3.83. The number of nitrogens with zero attached hydrogens (tertiary/aromatic N) is 1. The second-order valence-electron chi connectivity index (χ2n) is 5.53. The molecule has 110 valence electrons. The van der Waals surface area contributed by atoms with Crippen molar-refractivity contribution < 1.29 is 9.18 Å². The molecule has 1 heterocycles. The molecule has 1 fully saturated rings. The van der Waals surface area contributed by atoms with E-state index < -0.39 is 11.9 Å². The minimum absolute atomic E-state index is 0.0114. The fourth-order valence-electron chi connectivity index (χ4n) is 2.89. The van der Waals surface area contributed by atoms with E-state index in [4.69, 9.17) is 17.3 Å². The van der Waals surface area contributed by atoms with Gasteiger partial charge in [-0.15, -0.1) is 0 Å². The number of rotatable bonds is 2. The highest BCUT2D eigenvalue weighted by Crippen LogP contribution is 2.36. The summed E-state index contributed by atoms with van der Waals surface area (Å²) in [5.74, 6) is -0.393. The Balaban J connectivity index is 2.55. The minimum Gasteiger partial charge on any atom is -0.331 e. The smallest absolute Gasteiger partial charge is 0.223 e. The summed E-state index contributed by atoms with van der Waals surface area (Å²) in [5, 5.41) is 0.325. The van der Waals surface area contributed by atoms with Crippen molar-refractivity contribution in [2.75, 3.05) is 0 Å². The Morgan fingerprint density at radius 1 is 1.45 bits per heavy atom. The molecular weight excluding hydrogens is 279 g/mol. The third-order valence-electron chi connectivity index (χ3n) is 3.77. The molecule has 1 aromatic carbocycles. The Bertz CT molecular complexity index is 486. The average molecular weight is 299 g/mol. The molecule has 1 saturated heterocycles. The van der Waals surface area contributed by atoms with E-state index in [1.165, 1.54) is 6.07 Å². The SMILES string of the molecule is CC(C)N1C(=O)CCCC(N)C1c1c(F)cccc1Cl. The lowest BCUT2D eigenvalue weighted by Gasteiger charge is -2.37. The van der Waals surface area contributed by atoms with Gasteiger partial charge < -0.3 is 10.6 Å². The maximum absolute atomic E-state index is 14.2. The molecule has 20 heavy (non-hydrogen) atoms. The normalized spacial score (nSPS) is 24.1. The molecule has 1 aliphatic heterocycles. The third-order valence-corrected chi connectivity index (χ3v) is 4.10. The monoisotopic (exact) mass is 298 g/mol. The Hall–Kier alpha value is -1.13. The fraction of sp³-hybridized carbons (Fsp3) is 0.533. The molecule has 1 amide bonds. The molecule has 2 N–H and O–H groups in total. The predicted molar refractivity (Wildman–Crippen MR) is 78.0 cm³/mol. The molecule has 5 heteroatoms. The zero-order valence-electron chi connectivity index (χ0n) is 11.8. The van der Waals surface area contributed by atoms with Gasteiger partial charge in [0.2, 0.25) is 5.91 Å². The van der Waals surface area contributed by atoms with Crippen molar-refractivity contribution in [2.45, 2.75) is 51.2 Å². The first kappa shape index (κ1) is 15.3. The van der Waals surface area contributed by atoms with Crippen molar-refractivity contribution in [3.8, 4) is 0 Å². The van der Waals surface area contributed by atoms with Crippen molar-refractivity contribution in [3.63, 3.8) is 0 Å². The summed E-state index contributed by atoms with van der Waals surface area (Å²) in [6, 6.07) is 3.71. The molecule has 2 rings (SSSR count). The van der Waals surface area contributed by atoms with E-state index >= 15 is 0 Å². The zero-order valence-corrected chi connectivity index (χ0v) is 12.5. The second kappa shape index (κ2) is 6.10. The molecule has 0 saturated carbocycles. The van der Waals surface area contributed by atoms with Crippen LogP contribution in [-0.2, 0) is 4.79 Å². The average Bonchev–Trinajstić information content (AvgIpc) is 2.49. The summed E-state index contributed by atoms with van der Waals surface area (Å²) >= 11 is 6.17. The minimum atomic E-state index is -0.501. The number of nitrogens with two attached hydrogens (primary N) is 1. The van der Waals surface area contributed by atoms with E-state index in [9.17, 15) is 9.18 Å². The third kappa shape index (κ3) is 2.81. The van der Waals surface area contributed by atoms with Gasteiger partial charge in [-0.25, -0.2) is 4.39 Å². The van der Waals surface area contributed by atoms with Gasteiger partial charge in [0.25, 0.3) is 0 Å². The number of amides is 1. The van der Waals surface area contributed by atoms with Gasteiger partial charge >= 0.3 is 0 Å². The van der Waals surface area contributed by atoms with Crippen LogP contribution >= 0.6 is 11.6 Å². The van der Waals surface area contributed by atoms with E-state index in [1.807, 2.05) is 13.8 Å². The summed E-state index contributed by atoms with van der Waals surface area (Å²) in [7, 11) is 0. The Kier molecular flexibility index (Phi) is 4.66. The van der Waals surface area contributed by atoms with E-state index in [-0.39, 0.29) is 18.0 Å². The Morgan fingerprint density at radius 2 is 2.15 bits per heavy atom. The zero-order chi connectivity index (χ0) is 14.9. The van der Waals surface area contributed by atoms with Crippen LogP contribution in [0.5, 0.6) is 0 Å². The van der Waals surface area contributed by atoms with Crippen molar-refractivity contribution in [2.24, 2.45) is 5.73 Å². The lowest BCUT2D eigenvalue weighted by molar-refractivity contribution is -0.135. The standard InChI is InChI=1S/C15H20ClFN2O/c1-9(2)19-13(20)8-4-7-12(18)15(19)14-10(16)5-3-6-11(14)17/h3,5-6,9,12,15H,4,7-8,18H2,1-2H3. The molecule has 1 aromatic rings. The largest absolute Gasteiger partial charge is 0.331 e. The van der Waals surface area contributed by atoms with Crippen LogP contribution < -0.4 is 5.73 Å². The quantitative estimate of drug-likeness (QED) is 0.911. The van der Waals surface area contributed by atoms with Gasteiger partial charge in [-0.05, 0) is 38.8 Å². The molecule has 0 aliphatic carbocycles. The highest BCUT2D eigenvalue weighted by atomic mass is 35.5. The van der Waals surface area contributed by atoms with Crippen molar-refractivity contribution >= 4 is 17.5 Å². The van der Waals surface area contributed by atoms with Gasteiger partial charge in [-0.3, -0.25) is 4.79 Å². The summed E-state index contributed by atoms with van der Waals surface area (Å²) in [5.41, 5.74) is 6.56. The second-order valence-corrected chi connectivity index (χ2v) is 5.94. The van der Waals surface area contributed by atoms with Crippen LogP contribution in [0.2, 0.25) is 5.02 Å². The van der Waals surface area contributed by atoms with Crippen LogP contribution in [0.4, 0.5) is 4.39 Å². The van der Waals surface area contributed by atoms with Gasteiger partial charge in [-0.1, -0.05) is 17.7 Å². The van der Waals surface area contributed by atoms with Gasteiger partial charge in [0.15, 0.2) is 0 Å². The van der Waals surface area contributed by atoms with Crippen LogP contribution in [0.25, 0.3) is 0 Å². The molecule has 0 spiro atoms. The van der Waals surface area contributed by atoms with Crippen LogP contribution in [0.1, 0.15) is 44.7 Å². The molecule has 0 aromatic heterocycles. The van der Waals surface area contributed by atoms with E-state index in [0.29, 0.717) is 23.4 Å². The topological polar surface area (TPSA) is 46.3 Å². The maximum atomic E-state index is 14.2. The van der Waals surface area contributed by atoms with E-state index in [0.717, 1.165) is 6.42 Å². The number of halogens is 2. The lowest BCUT2D eigenvalue weighted by Crippen LogP contribution is -2.46. The van der Waals surface area contributed by atoms with Crippen LogP contribution in [0, 0.1) is 5.82 Å². The first-order valence-electron chi connectivity index (χ1n) is 6.94. The van der Waals surface area contributed by atoms with Gasteiger partial charge in [0, 0.05) is 29.1 Å². The Morgan fingerprint density at radius 3 is 2.75 bits per heavy atom. The lowest BCUT2D eigenvalue weighted by atomic mass is 9.95. The molecule has 1 aliphatic rings. The number of hydrogen-bond acceptors (Lipinski definition) is 2. The van der Waals surface area contributed by atoms with Crippen molar-refractivity contribution in [1.82, 2.24) is 4.90 Å². The van der Waals surface area contributed by atoms with E-state index in [2.05, 4.69) is 0 Å². The van der Waals surface area contributed by atoms with Crippen molar-refractivity contribution in [1.29, 1.82) is 0 Å². The summed E-state index contributed by atoms with van der Waals surface area (Å²) in [6.07, 6.45) is 1.87. The van der Waals surface area contributed by atoms with Gasteiger partial charge in [0.1, 0.15) is 5.82 Å². The Labute approximate surface area is 123 Å². The first-order chi connectivity index (χ1) is 9.43. The fourth-order valence-corrected chi connectivity index (χ4v) is 3.17. The molecule has 2 atom stereocenters. The van der Waals surface area contributed by atoms with E-state index in [1.54, 1.807) is 17.0 Å². The van der Waals surface area contributed by atoms with Crippen LogP contribution in [0.15, 0.2) is 18.2 Å². The molecule has 0 radical (unpaired) electrons. The summed E-state index contributed by atoms with van der Waals surface area (Å²) in [4.78, 5) is 14.0. The van der Waals surface area contributed by atoms with Gasteiger partial charge in [0.05, 0.1) is 6.04 Å².